The van der Waals surface area contributed by atoms with Gasteiger partial charge in [-0.2, -0.15) is 0 Å². The predicted molar refractivity (Wildman–Crippen MR) is 250 cm³/mol. The number of aromatic nitrogens is 1. The van der Waals surface area contributed by atoms with Crippen LogP contribution in [0.25, 0.3) is 71.3 Å². The second-order valence-electron chi connectivity index (χ2n) is 15.4. The zero-order valence-electron chi connectivity index (χ0n) is 32.2. The van der Waals surface area contributed by atoms with Gasteiger partial charge >= 0.3 is 0 Å². The van der Waals surface area contributed by atoms with Crippen molar-refractivity contribution in [3.63, 3.8) is 0 Å². The van der Waals surface area contributed by atoms with E-state index in [9.17, 15) is 0 Å². The Balaban J connectivity index is 1.08. The fraction of sp³-hybridized carbons (Fsp3) is 0. The molecule has 59 heavy (non-hydrogen) atoms. The minimum atomic E-state index is 1.09. The summed E-state index contributed by atoms with van der Waals surface area (Å²) in [5.74, 6) is 0. The summed E-state index contributed by atoms with van der Waals surface area (Å²) >= 11 is 0. The highest BCUT2D eigenvalue weighted by Gasteiger charge is 2.27. The van der Waals surface area contributed by atoms with Gasteiger partial charge in [-0.15, -0.1) is 0 Å². The molecule has 0 atom stereocenters. The molecule has 10 aromatic carbocycles. The molecular formula is C56H37N3. The van der Waals surface area contributed by atoms with E-state index in [0.29, 0.717) is 0 Å². The lowest BCUT2D eigenvalue weighted by molar-refractivity contribution is 1.17. The first-order valence-corrected chi connectivity index (χ1v) is 20.3. The van der Waals surface area contributed by atoms with E-state index in [0.717, 1.165) is 39.5 Å². The second kappa shape index (κ2) is 13.4. The average Bonchev–Trinajstić information content (AvgIpc) is 3.63. The highest BCUT2D eigenvalue weighted by atomic mass is 15.2. The van der Waals surface area contributed by atoms with Crippen molar-refractivity contribution in [1.29, 1.82) is 0 Å². The van der Waals surface area contributed by atoms with Gasteiger partial charge in [-0.25, -0.2) is 0 Å². The molecule has 0 amide bonds. The zero-order chi connectivity index (χ0) is 38.9. The molecule has 0 saturated carbocycles. The Hall–Kier alpha value is -7.88. The summed E-state index contributed by atoms with van der Waals surface area (Å²) in [5.41, 5.74) is 15.2. The first kappa shape index (κ1) is 33.3. The Labute approximate surface area is 342 Å². The van der Waals surface area contributed by atoms with Gasteiger partial charge in [0.05, 0.1) is 22.4 Å². The molecule has 0 unspecified atom stereocenters. The fourth-order valence-corrected chi connectivity index (χ4v) is 9.36. The summed E-state index contributed by atoms with van der Waals surface area (Å²) in [6.45, 7) is 0. The van der Waals surface area contributed by atoms with Crippen molar-refractivity contribution in [2.24, 2.45) is 0 Å². The van der Waals surface area contributed by atoms with E-state index in [1.54, 1.807) is 0 Å². The van der Waals surface area contributed by atoms with E-state index in [2.05, 4.69) is 239 Å². The molecule has 0 fully saturated rings. The van der Waals surface area contributed by atoms with Gasteiger partial charge in [0.25, 0.3) is 0 Å². The van der Waals surface area contributed by atoms with Crippen molar-refractivity contribution in [2.75, 3.05) is 9.80 Å². The van der Waals surface area contributed by atoms with E-state index in [1.165, 1.54) is 65.9 Å². The average molecular weight is 752 g/mol. The van der Waals surface area contributed by atoms with Crippen LogP contribution in [0, 0.1) is 0 Å². The molecule has 12 rings (SSSR count). The van der Waals surface area contributed by atoms with E-state index >= 15 is 0 Å². The van der Waals surface area contributed by atoms with E-state index in [-0.39, 0.29) is 0 Å². The number of rotatable bonds is 6. The maximum atomic E-state index is 2.48. The lowest BCUT2D eigenvalue weighted by atomic mass is 9.89. The molecule has 0 radical (unpaired) electrons. The van der Waals surface area contributed by atoms with E-state index in [1.807, 2.05) is 0 Å². The Bertz CT molecular complexity index is 3360. The first-order chi connectivity index (χ1) is 29.3. The largest absolute Gasteiger partial charge is 0.310 e. The number of hydrogen-bond donors (Lipinski definition) is 0. The van der Waals surface area contributed by atoms with Crippen LogP contribution in [0.4, 0.5) is 34.1 Å². The summed E-state index contributed by atoms with van der Waals surface area (Å²) in [5, 5.41) is 7.43. The van der Waals surface area contributed by atoms with Gasteiger partial charge in [0.1, 0.15) is 0 Å². The van der Waals surface area contributed by atoms with Crippen molar-refractivity contribution >= 4 is 77.5 Å². The van der Waals surface area contributed by atoms with Crippen molar-refractivity contribution in [2.45, 2.75) is 0 Å². The first-order valence-electron chi connectivity index (χ1n) is 20.3. The molecule has 3 heteroatoms. The van der Waals surface area contributed by atoms with Crippen LogP contribution in [-0.4, -0.2) is 4.57 Å². The highest BCUT2D eigenvalue weighted by molar-refractivity contribution is 6.17. The third kappa shape index (κ3) is 5.36. The zero-order valence-corrected chi connectivity index (χ0v) is 32.2. The van der Waals surface area contributed by atoms with Crippen LogP contribution < -0.4 is 9.80 Å². The number of fused-ring (bicyclic) bond motifs is 6. The predicted octanol–water partition coefficient (Wildman–Crippen LogP) is 15.7. The Kier molecular flexibility index (Phi) is 7.54. The Morgan fingerprint density at radius 2 is 0.898 bits per heavy atom. The fourth-order valence-electron chi connectivity index (χ4n) is 9.36. The quantitative estimate of drug-likeness (QED) is 0.168. The van der Waals surface area contributed by atoms with Crippen LogP contribution in [0.1, 0.15) is 0 Å². The number of anilines is 6. The normalized spacial score (nSPS) is 12.0. The van der Waals surface area contributed by atoms with Gasteiger partial charge in [-0.3, -0.25) is 0 Å². The minimum Gasteiger partial charge on any atom is -0.310 e. The molecule has 1 aliphatic heterocycles. The lowest BCUT2D eigenvalue weighted by Crippen LogP contribution is -2.15. The maximum absolute atomic E-state index is 2.48. The molecule has 11 aromatic rings. The van der Waals surface area contributed by atoms with Crippen LogP contribution >= 0.6 is 0 Å². The van der Waals surface area contributed by atoms with Crippen LogP contribution in [0.3, 0.4) is 0 Å². The molecule has 1 aromatic heterocycles. The smallest absolute Gasteiger partial charge is 0.0561 e. The van der Waals surface area contributed by atoms with Crippen molar-refractivity contribution in [3.8, 4) is 27.9 Å². The van der Waals surface area contributed by atoms with Gasteiger partial charge in [0.2, 0.25) is 0 Å². The monoisotopic (exact) mass is 751 g/mol. The summed E-state index contributed by atoms with van der Waals surface area (Å²) in [6, 6.07) is 81.8. The maximum Gasteiger partial charge on any atom is 0.0561 e. The van der Waals surface area contributed by atoms with Crippen molar-refractivity contribution in [3.05, 3.63) is 224 Å². The molecule has 0 aliphatic carbocycles. The third-order valence-electron chi connectivity index (χ3n) is 12.0. The summed E-state index contributed by atoms with van der Waals surface area (Å²) in [7, 11) is 0. The van der Waals surface area contributed by atoms with Gasteiger partial charge < -0.3 is 14.4 Å². The van der Waals surface area contributed by atoms with Crippen LogP contribution in [0.15, 0.2) is 224 Å². The SMILES string of the molecule is c1ccc(-c2ccc(N(c3ccccc3)c3ccc4c5ccc(N6c7cc8ccccc8cc7-c7cccc8cccc6c78)cc5n(-c5ccccc5)c4c3)cc2)cc1. The van der Waals surface area contributed by atoms with E-state index < -0.39 is 0 Å². The molecule has 2 heterocycles. The van der Waals surface area contributed by atoms with Gasteiger partial charge in [-0.05, 0) is 112 Å². The van der Waals surface area contributed by atoms with Gasteiger partial charge in [0.15, 0.2) is 0 Å². The van der Waals surface area contributed by atoms with Crippen molar-refractivity contribution < 1.29 is 0 Å². The standard InChI is InChI=1S/C56H37N3/c1-4-14-38(15-5-1)39-26-28-45(29-27-39)57(43-20-6-2-7-21-43)46-30-32-48-49-33-31-47(37-55(49)58(54(48)36-46)44-22-8-3-9-23-44)59-52-25-13-19-40-18-12-24-50(56(40)52)51-34-41-16-10-11-17-42(41)35-53(51)59/h1-37H. The second-order valence-corrected chi connectivity index (χ2v) is 15.4. The molecule has 3 nitrogen and oxygen atoms in total. The minimum absolute atomic E-state index is 1.09. The molecule has 0 saturated heterocycles. The molecule has 0 bridgehead atoms. The summed E-state index contributed by atoms with van der Waals surface area (Å²) in [4.78, 5) is 4.84. The molecular weight excluding hydrogens is 715 g/mol. The Morgan fingerprint density at radius 1 is 0.322 bits per heavy atom. The summed E-state index contributed by atoms with van der Waals surface area (Å²) in [6.07, 6.45) is 0. The van der Waals surface area contributed by atoms with Crippen LogP contribution in [0.5, 0.6) is 0 Å². The number of hydrogen-bond acceptors (Lipinski definition) is 2. The van der Waals surface area contributed by atoms with Gasteiger partial charge in [-0.1, -0.05) is 146 Å². The lowest BCUT2D eigenvalue weighted by Gasteiger charge is -2.34. The summed E-state index contributed by atoms with van der Waals surface area (Å²) < 4.78 is 2.44. The third-order valence-corrected chi connectivity index (χ3v) is 12.0. The number of benzene rings is 10. The van der Waals surface area contributed by atoms with Crippen molar-refractivity contribution in [1.82, 2.24) is 4.57 Å². The van der Waals surface area contributed by atoms with Crippen LogP contribution in [0.2, 0.25) is 0 Å². The van der Waals surface area contributed by atoms with E-state index in [4.69, 9.17) is 0 Å². The van der Waals surface area contributed by atoms with Crippen LogP contribution in [-0.2, 0) is 0 Å². The molecule has 276 valence electrons. The Morgan fingerprint density at radius 3 is 1.66 bits per heavy atom. The molecule has 0 N–H and O–H groups in total. The molecule has 0 spiro atoms. The van der Waals surface area contributed by atoms with Gasteiger partial charge in [0, 0.05) is 50.2 Å². The highest BCUT2D eigenvalue weighted by Crippen LogP contribution is 2.52. The molecule has 1 aliphatic rings. The number of nitrogens with zero attached hydrogens (tertiary/aromatic N) is 3. The topological polar surface area (TPSA) is 11.4 Å². The number of para-hydroxylation sites is 2.